The maximum Gasteiger partial charge on any atom is 0.165 e. The number of hydrogen-bond acceptors (Lipinski definition) is 6. The second-order valence-electron chi connectivity index (χ2n) is 7.05. The third kappa shape index (κ3) is 3.89. The van der Waals surface area contributed by atoms with E-state index in [2.05, 4.69) is 26.5 Å². The Morgan fingerprint density at radius 3 is 2.88 bits per heavy atom. The highest BCUT2D eigenvalue weighted by molar-refractivity contribution is 5.29. The normalized spacial score (nSPS) is 22.5. The van der Waals surface area contributed by atoms with Gasteiger partial charge in [-0.25, -0.2) is 4.68 Å². The number of tetrazole rings is 1. The molecule has 1 fully saturated rings. The fraction of sp³-hybridized carbons (Fsp3) is 0.611. The zero-order chi connectivity index (χ0) is 17.1. The smallest absolute Gasteiger partial charge is 0.165 e. The molecule has 2 aliphatic heterocycles. The lowest BCUT2D eigenvalue weighted by molar-refractivity contribution is 0.0593. The molecule has 1 saturated heterocycles. The molecule has 4 rings (SSSR count). The van der Waals surface area contributed by atoms with Crippen molar-refractivity contribution in [2.75, 3.05) is 19.8 Å². The van der Waals surface area contributed by atoms with Crippen molar-refractivity contribution in [3.8, 4) is 0 Å². The molecular formula is C18H25N5O2. The van der Waals surface area contributed by atoms with Crippen LogP contribution in [0.1, 0.15) is 42.3 Å². The molecule has 0 saturated carbocycles. The van der Waals surface area contributed by atoms with Crippen LogP contribution in [0.4, 0.5) is 0 Å². The Hall–Kier alpha value is -1.83. The molecule has 0 radical (unpaired) electrons. The lowest BCUT2D eigenvalue weighted by Gasteiger charge is -2.23. The third-order valence-corrected chi connectivity index (χ3v) is 5.27. The number of fused-ring (bicyclic) bond motifs is 1. The van der Waals surface area contributed by atoms with Gasteiger partial charge in [-0.15, -0.1) is 5.10 Å². The molecule has 2 aliphatic rings. The first-order chi connectivity index (χ1) is 12.3. The largest absolute Gasteiger partial charge is 0.388 e. The summed E-state index contributed by atoms with van der Waals surface area (Å²) >= 11 is 0. The lowest BCUT2D eigenvalue weighted by atomic mass is 10.0. The molecule has 1 atom stereocenters. The molecule has 7 nitrogen and oxygen atoms in total. The van der Waals surface area contributed by atoms with E-state index in [1.165, 1.54) is 5.56 Å². The fourth-order valence-corrected chi connectivity index (χ4v) is 3.77. The standard InChI is InChI=1S/C18H25N5O2/c24-17-5-8-22(12-15-3-1-2-4-16(15)17)13-18-19-20-21-23(18)11-14-6-9-25-10-7-14/h1-4,14,17,24H,5-13H2. The van der Waals surface area contributed by atoms with Crippen LogP contribution in [0.2, 0.25) is 0 Å². The summed E-state index contributed by atoms with van der Waals surface area (Å²) in [4.78, 5) is 2.32. The van der Waals surface area contributed by atoms with Crippen LogP contribution in [0.5, 0.6) is 0 Å². The monoisotopic (exact) mass is 343 g/mol. The van der Waals surface area contributed by atoms with E-state index >= 15 is 0 Å². The quantitative estimate of drug-likeness (QED) is 0.907. The Balaban J connectivity index is 1.45. The van der Waals surface area contributed by atoms with Crippen molar-refractivity contribution < 1.29 is 9.84 Å². The van der Waals surface area contributed by atoms with Crippen LogP contribution < -0.4 is 0 Å². The molecule has 1 aromatic carbocycles. The predicted molar refractivity (Wildman–Crippen MR) is 91.5 cm³/mol. The minimum Gasteiger partial charge on any atom is -0.388 e. The van der Waals surface area contributed by atoms with E-state index in [4.69, 9.17) is 4.74 Å². The van der Waals surface area contributed by atoms with E-state index < -0.39 is 0 Å². The van der Waals surface area contributed by atoms with Crippen molar-refractivity contribution in [3.05, 3.63) is 41.2 Å². The molecule has 0 amide bonds. The summed E-state index contributed by atoms with van der Waals surface area (Å²) in [6, 6.07) is 8.15. The van der Waals surface area contributed by atoms with Crippen LogP contribution in [0.25, 0.3) is 0 Å². The van der Waals surface area contributed by atoms with Gasteiger partial charge in [-0.1, -0.05) is 24.3 Å². The summed E-state index contributed by atoms with van der Waals surface area (Å²) in [6.07, 6.45) is 2.49. The summed E-state index contributed by atoms with van der Waals surface area (Å²) in [5.74, 6) is 1.49. The molecular weight excluding hydrogens is 318 g/mol. The van der Waals surface area contributed by atoms with Crippen molar-refractivity contribution in [3.63, 3.8) is 0 Å². The SMILES string of the molecule is OC1CCN(Cc2nnnn2CC2CCOCC2)Cc2ccccc21. The van der Waals surface area contributed by atoms with Crippen molar-refractivity contribution >= 4 is 0 Å². The number of benzene rings is 1. The predicted octanol–water partition coefficient (Wildman–Crippen LogP) is 1.54. The number of nitrogens with zero attached hydrogens (tertiary/aromatic N) is 5. The Morgan fingerprint density at radius 2 is 2.00 bits per heavy atom. The Kier molecular flexibility index (Phi) is 5.05. The minimum atomic E-state index is -0.389. The fourth-order valence-electron chi connectivity index (χ4n) is 3.77. The van der Waals surface area contributed by atoms with Crippen molar-refractivity contribution in [1.82, 2.24) is 25.1 Å². The second-order valence-corrected chi connectivity index (χ2v) is 7.05. The van der Waals surface area contributed by atoms with Gasteiger partial charge in [0.2, 0.25) is 0 Å². The van der Waals surface area contributed by atoms with Crippen LogP contribution in [0.3, 0.4) is 0 Å². The van der Waals surface area contributed by atoms with Crippen LogP contribution in [0.15, 0.2) is 24.3 Å². The summed E-state index contributed by atoms with van der Waals surface area (Å²) in [6.45, 7) is 4.89. The average Bonchev–Trinajstić information content (AvgIpc) is 3.00. The van der Waals surface area contributed by atoms with Crippen molar-refractivity contribution in [2.45, 2.75) is 45.0 Å². The molecule has 134 valence electrons. The van der Waals surface area contributed by atoms with E-state index in [-0.39, 0.29) is 6.10 Å². The van der Waals surface area contributed by atoms with E-state index in [1.54, 1.807) is 0 Å². The number of aliphatic hydroxyl groups is 1. The van der Waals surface area contributed by atoms with Gasteiger partial charge in [0.05, 0.1) is 12.6 Å². The first-order valence-corrected chi connectivity index (χ1v) is 9.10. The van der Waals surface area contributed by atoms with Gasteiger partial charge in [-0.05, 0) is 46.7 Å². The van der Waals surface area contributed by atoms with Crippen LogP contribution >= 0.6 is 0 Å². The Labute approximate surface area is 147 Å². The van der Waals surface area contributed by atoms with Gasteiger partial charge in [-0.3, -0.25) is 4.90 Å². The molecule has 3 heterocycles. The Bertz CT molecular complexity index is 698. The van der Waals surface area contributed by atoms with Gasteiger partial charge in [0, 0.05) is 32.8 Å². The summed E-state index contributed by atoms with van der Waals surface area (Å²) in [5, 5.41) is 22.7. The zero-order valence-corrected chi connectivity index (χ0v) is 14.4. The van der Waals surface area contributed by atoms with Crippen molar-refractivity contribution in [1.29, 1.82) is 0 Å². The van der Waals surface area contributed by atoms with E-state index in [1.807, 2.05) is 22.9 Å². The lowest BCUT2D eigenvalue weighted by Crippen LogP contribution is -2.27. The van der Waals surface area contributed by atoms with E-state index in [9.17, 15) is 5.11 Å². The first kappa shape index (κ1) is 16.6. The second kappa shape index (κ2) is 7.59. The number of rotatable bonds is 4. The topological polar surface area (TPSA) is 76.3 Å². The van der Waals surface area contributed by atoms with Gasteiger partial charge in [0.15, 0.2) is 5.82 Å². The molecule has 2 aromatic rings. The van der Waals surface area contributed by atoms with E-state index in [0.29, 0.717) is 12.5 Å². The first-order valence-electron chi connectivity index (χ1n) is 9.10. The van der Waals surface area contributed by atoms with Gasteiger partial charge in [-0.2, -0.15) is 0 Å². The van der Waals surface area contributed by atoms with Gasteiger partial charge >= 0.3 is 0 Å². The molecule has 0 aliphatic carbocycles. The maximum atomic E-state index is 10.4. The summed E-state index contributed by atoms with van der Waals surface area (Å²) in [5.41, 5.74) is 2.24. The molecule has 0 spiro atoms. The molecule has 1 unspecified atom stereocenters. The average molecular weight is 343 g/mol. The molecule has 1 N–H and O–H groups in total. The highest BCUT2D eigenvalue weighted by Crippen LogP contribution is 2.27. The van der Waals surface area contributed by atoms with Gasteiger partial charge < -0.3 is 9.84 Å². The highest BCUT2D eigenvalue weighted by atomic mass is 16.5. The number of hydrogen-bond donors (Lipinski definition) is 1. The van der Waals surface area contributed by atoms with E-state index in [0.717, 1.165) is 63.5 Å². The molecule has 0 bridgehead atoms. The van der Waals surface area contributed by atoms with Gasteiger partial charge in [0.1, 0.15) is 0 Å². The number of ether oxygens (including phenoxy) is 1. The van der Waals surface area contributed by atoms with Crippen molar-refractivity contribution in [2.24, 2.45) is 5.92 Å². The number of aromatic nitrogens is 4. The maximum absolute atomic E-state index is 10.4. The molecule has 25 heavy (non-hydrogen) atoms. The van der Waals surface area contributed by atoms with Crippen LogP contribution in [-0.4, -0.2) is 50.0 Å². The van der Waals surface area contributed by atoms with Gasteiger partial charge in [0.25, 0.3) is 0 Å². The van der Waals surface area contributed by atoms with Crippen LogP contribution in [0, 0.1) is 5.92 Å². The number of aliphatic hydroxyl groups excluding tert-OH is 1. The Morgan fingerprint density at radius 1 is 1.16 bits per heavy atom. The minimum absolute atomic E-state index is 0.389. The third-order valence-electron chi connectivity index (χ3n) is 5.27. The zero-order valence-electron chi connectivity index (χ0n) is 14.4. The summed E-state index contributed by atoms with van der Waals surface area (Å²) < 4.78 is 7.38. The molecule has 1 aromatic heterocycles. The molecule has 7 heteroatoms. The van der Waals surface area contributed by atoms with Crippen LogP contribution in [-0.2, 0) is 24.4 Å². The highest BCUT2D eigenvalue weighted by Gasteiger charge is 2.23. The summed E-state index contributed by atoms with van der Waals surface area (Å²) in [7, 11) is 0.